The Kier molecular flexibility index (Phi) is 3.33. The highest BCUT2D eigenvalue weighted by Gasteiger charge is 2.23. The topological polar surface area (TPSA) is 29.9 Å². The van der Waals surface area contributed by atoms with Crippen LogP contribution in [0.4, 0.5) is 0 Å². The number of aromatic nitrogens is 2. The molecule has 3 rings (SSSR count). The largest absolute Gasteiger partial charge is 0.327 e. The minimum atomic E-state index is 0.607. The molecule has 0 radical (unpaired) electrons. The van der Waals surface area contributed by atoms with Gasteiger partial charge in [-0.15, -0.1) is 0 Å². The first kappa shape index (κ1) is 11.7. The van der Waals surface area contributed by atoms with Crippen LogP contribution in [-0.4, -0.2) is 22.1 Å². The van der Waals surface area contributed by atoms with Crippen LogP contribution in [0.2, 0.25) is 0 Å². The van der Waals surface area contributed by atoms with Crippen molar-refractivity contribution in [3.05, 3.63) is 30.6 Å². The molecule has 1 aliphatic rings. The van der Waals surface area contributed by atoms with E-state index in [1.807, 2.05) is 6.33 Å². The Morgan fingerprint density at radius 1 is 1.33 bits per heavy atom. The molecule has 0 amide bonds. The molecule has 2 atom stereocenters. The van der Waals surface area contributed by atoms with Crippen LogP contribution in [0.15, 0.2) is 30.6 Å². The Balaban J connectivity index is 1.85. The maximum atomic E-state index is 4.51. The third kappa shape index (κ3) is 2.15. The van der Waals surface area contributed by atoms with E-state index in [2.05, 4.69) is 46.1 Å². The van der Waals surface area contributed by atoms with Crippen LogP contribution in [0.1, 0.15) is 38.6 Å². The van der Waals surface area contributed by atoms with E-state index in [9.17, 15) is 0 Å². The zero-order chi connectivity index (χ0) is 12.4. The van der Waals surface area contributed by atoms with Gasteiger partial charge in [0.15, 0.2) is 0 Å². The Morgan fingerprint density at radius 2 is 2.22 bits per heavy atom. The van der Waals surface area contributed by atoms with Crippen LogP contribution >= 0.6 is 0 Å². The molecule has 1 aromatic carbocycles. The highest BCUT2D eigenvalue weighted by atomic mass is 15.1. The second-order valence-electron chi connectivity index (χ2n) is 5.22. The Labute approximate surface area is 108 Å². The molecule has 0 aliphatic heterocycles. The van der Waals surface area contributed by atoms with Gasteiger partial charge in [-0.2, -0.15) is 0 Å². The van der Waals surface area contributed by atoms with Gasteiger partial charge < -0.3 is 9.88 Å². The first-order valence-corrected chi connectivity index (χ1v) is 7.03. The number of imidazole rings is 1. The van der Waals surface area contributed by atoms with Crippen molar-refractivity contribution in [3.63, 3.8) is 0 Å². The molecule has 1 N–H and O–H groups in total. The molecule has 1 heterocycles. The molecular weight excluding hydrogens is 222 g/mol. The van der Waals surface area contributed by atoms with E-state index in [-0.39, 0.29) is 0 Å². The molecule has 1 aliphatic carbocycles. The van der Waals surface area contributed by atoms with Gasteiger partial charge in [0.1, 0.15) is 0 Å². The quantitative estimate of drug-likeness (QED) is 0.897. The molecule has 3 heteroatoms. The fraction of sp³-hybridized carbons (Fsp3) is 0.533. The average Bonchev–Trinajstić information content (AvgIpc) is 2.83. The number of hydrogen-bond acceptors (Lipinski definition) is 2. The molecule has 1 fully saturated rings. The normalized spacial score (nSPS) is 24.5. The lowest BCUT2D eigenvalue weighted by molar-refractivity contribution is 0.292. The van der Waals surface area contributed by atoms with Gasteiger partial charge in [-0.1, -0.05) is 19.1 Å². The number of nitrogens with zero attached hydrogens (tertiary/aromatic N) is 2. The van der Waals surface area contributed by atoms with Crippen molar-refractivity contribution in [1.29, 1.82) is 0 Å². The van der Waals surface area contributed by atoms with Gasteiger partial charge in [0.05, 0.1) is 17.4 Å². The van der Waals surface area contributed by atoms with E-state index in [1.54, 1.807) is 0 Å². The van der Waals surface area contributed by atoms with Crippen molar-refractivity contribution < 1.29 is 0 Å². The summed E-state index contributed by atoms with van der Waals surface area (Å²) in [5.74, 6) is 0. The maximum absolute atomic E-state index is 4.51. The predicted octanol–water partition coefficient (Wildman–Crippen LogP) is 3.13. The summed E-state index contributed by atoms with van der Waals surface area (Å²) in [6, 6.07) is 9.72. The van der Waals surface area contributed by atoms with E-state index in [0.717, 1.165) is 12.1 Å². The van der Waals surface area contributed by atoms with E-state index >= 15 is 0 Å². The standard InChI is InChI=1S/C15H21N3/c1-2-16-12-6-5-7-13(10-12)18-11-17-14-8-3-4-9-15(14)18/h3-4,8-9,11-13,16H,2,5-7,10H2,1H3. The van der Waals surface area contributed by atoms with Crippen molar-refractivity contribution in [2.45, 2.75) is 44.7 Å². The summed E-state index contributed by atoms with van der Waals surface area (Å²) < 4.78 is 2.37. The first-order valence-electron chi connectivity index (χ1n) is 7.03. The van der Waals surface area contributed by atoms with Crippen LogP contribution in [0.25, 0.3) is 11.0 Å². The van der Waals surface area contributed by atoms with Crippen molar-refractivity contribution in [3.8, 4) is 0 Å². The maximum Gasteiger partial charge on any atom is 0.0960 e. The van der Waals surface area contributed by atoms with Gasteiger partial charge in [0.25, 0.3) is 0 Å². The van der Waals surface area contributed by atoms with E-state index < -0.39 is 0 Å². The smallest absolute Gasteiger partial charge is 0.0960 e. The minimum Gasteiger partial charge on any atom is -0.327 e. The van der Waals surface area contributed by atoms with Crippen LogP contribution in [0.5, 0.6) is 0 Å². The summed E-state index contributed by atoms with van der Waals surface area (Å²) in [5.41, 5.74) is 2.39. The average molecular weight is 243 g/mol. The van der Waals surface area contributed by atoms with Gasteiger partial charge >= 0.3 is 0 Å². The third-order valence-corrected chi connectivity index (χ3v) is 4.01. The molecule has 18 heavy (non-hydrogen) atoms. The third-order valence-electron chi connectivity index (χ3n) is 4.01. The van der Waals surface area contributed by atoms with Crippen LogP contribution in [0.3, 0.4) is 0 Å². The van der Waals surface area contributed by atoms with Crippen molar-refractivity contribution in [2.24, 2.45) is 0 Å². The second kappa shape index (κ2) is 5.11. The summed E-state index contributed by atoms with van der Waals surface area (Å²) in [4.78, 5) is 4.51. The summed E-state index contributed by atoms with van der Waals surface area (Å²) >= 11 is 0. The highest BCUT2D eigenvalue weighted by molar-refractivity contribution is 5.75. The van der Waals surface area contributed by atoms with Crippen molar-refractivity contribution in [1.82, 2.24) is 14.9 Å². The lowest BCUT2D eigenvalue weighted by Gasteiger charge is -2.30. The molecule has 1 saturated carbocycles. The Hall–Kier alpha value is -1.35. The van der Waals surface area contributed by atoms with Crippen LogP contribution in [0, 0.1) is 0 Å². The number of nitrogens with one attached hydrogen (secondary N) is 1. The molecule has 2 aromatic rings. The van der Waals surface area contributed by atoms with Crippen molar-refractivity contribution >= 4 is 11.0 Å². The fourth-order valence-corrected chi connectivity index (χ4v) is 3.16. The van der Waals surface area contributed by atoms with Gasteiger partial charge in [-0.05, 0) is 44.4 Å². The van der Waals surface area contributed by atoms with Crippen LogP contribution < -0.4 is 5.32 Å². The first-order chi connectivity index (χ1) is 8.88. The van der Waals surface area contributed by atoms with E-state index in [1.165, 1.54) is 31.2 Å². The predicted molar refractivity (Wildman–Crippen MR) is 74.7 cm³/mol. The molecule has 0 spiro atoms. The summed E-state index contributed by atoms with van der Waals surface area (Å²) in [5, 5.41) is 3.59. The van der Waals surface area contributed by atoms with Crippen LogP contribution in [-0.2, 0) is 0 Å². The lowest BCUT2D eigenvalue weighted by Crippen LogP contribution is -2.34. The number of para-hydroxylation sites is 2. The van der Waals surface area contributed by atoms with E-state index in [0.29, 0.717) is 12.1 Å². The molecule has 3 nitrogen and oxygen atoms in total. The molecule has 0 bridgehead atoms. The molecule has 1 aromatic heterocycles. The minimum absolute atomic E-state index is 0.607. The second-order valence-corrected chi connectivity index (χ2v) is 5.22. The fourth-order valence-electron chi connectivity index (χ4n) is 3.16. The summed E-state index contributed by atoms with van der Waals surface area (Å²) in [7, 11) is 0. The molecular formula is C15H21N3. The van der Waals surface area contributed by atoms with Gasteiger partial charge in [-0.3, -0.25) is 0 Å². The lowest BCUT2D eigenvalue weighted by atomic mass is 9.90. The number of rotatable bonds is 3. The number of benzene rings is 1. The van der Waals surface area contributed by atoms with Gasteiger partial charge in [-0.25, -0.2) is 4.98 Å². The number of hydrogen-bond donors (Lipinski definition) is 1. The monoisotopic (exact) mass is 243 g/mol. The van der Waals surface area contributed by atoms with Gasteiger partial charge in [0.2, 0.25) is 0 Å². The highest BCUT2D eigenvalue weighted by Crippen LogP contribution is 2.30. The van der Waals surface area contributed by atoms with Crippen molar-refractivity contribution in [2.75, 3.05) is 6.54 Å². The Morgan fingerprint density at radius 3 is 3.11 bits per heavy atom. The molecule has 0 saturated heterocycles. The zero-order valence-corrected chi connectivity index (χ0v) is 11.0. The Bertz CT molecular complexity index is 515. The summed E-state index contributed by atoms with van der Waals surface area (Å²) in [6.07, 6.45) is 7.16. The number of fused-ring (bicyclic) bond motifs is 1. The molecule has 2 unspecified atom stereocenters. The summed E-state index contributed by atoms with van der Waals surface area (Å²) in [6.45, 7) is 3.26. The van der Waals surface area contributed by atoms with E-state index in [4.69, 9.17) is 0 Å². The molecule has 96 valence electrons. The zero-order valence-electron chi connectivity index (χ0n) is 11.0. The van der Waals surface area contributed by atoms with Gasteiger partial charge in [0, 0.05) is 12.1 Å². The SMILES string of the molecule is CCNC1CCCC(n2cnc3ccccc32)C1.